The zero-order chi connectivity index (χ0) is 16.2. The number of hydrogen-bond acceptors (Lipinski definition) is 7. The van der Waals surface area contributed by atoms with Crippen LogP contribution in [0.15, 0.2) is 34.1 Å². The molecule has 0 bridgehead atoms. The molecule has 120 valence electrons. The highest BCUT2D eigenvalue weighted by Crippen LogP contribution is 2.34. The standard InChI is InChI=1S/C14H14N4O3S2/c1-15-13(20)11-6-18(9-4-2-3-5-10(9)21-11)12(19)7-22-14-17-16-8-23-14/h2-5,8,11H,6-7H2,1H3,(H,15,20). The van der Waals surface area contributed by atoms with Gasteiger partial charge in [0.05, 0.1) is 18.0 Å². The number of aromatic nitrogens is 2. The van der Waals surface area contributed by atoms with E-state index < -0.39 is 6.10 Å². The molecule has 0 aliphatic carbocycles. The van der Waals surface area contributed by atoms with E-state index in [4.69, 9.17) is 4.74 Å². The van der Waals surface area contributed by atoms with Gasteiger partial charge in [0.1, 0.15) is 11.3 Å². The number of amides is 2. The van der Waals surface area contributed by atoms with Crippen LogP contribution in [0.5, 0.6) is 5.75 Å². The monoisotopic (exact) mass is 350 g/mol. The Balaban J connectivity index is 1.78. The summed E-state index contributed by atoms with van der Waals surface area (Å²) in [5, 5.41) is 10.2. The van der Waals surface area contributed by atoms with Gasteiger partial charge in [0.25, 0.3) is 5.91 Å². The van der Waals surface area contributed by atoms with Gasteiger partial charge < -0.3 is 15.0 Å². The maximum Gasteiger partial charge on any atom is 0.262 e. The molecule has 23 heavy (non-hydrogen) atoms. The van der Waals surface area contributed by atoms with Gasteiger partial charge in [0.15, 0.2) is 10.4 Å². The lowest BCUT2D eigenvalue weighted by Gasteiger charge is -2.33. The average Bonchev–Trinajstić information content (AvgIpc) is 3.11. The summed E-state index contributed by atoms with van der Waals surface area (Å²) in [5.74, 6) is 0.398. The first kappa shape index (κ1) is 15.8. The minimum atomic E-state index is -0.717. The lowest BCUT2D eigenvalue weighted by atomic mass is 10.2. The van der Waals surface area contributed by atoms with Crippen LogP contribution in [0, 0.1) is 0 Å². The van der Waals surface area contributed by atoms with Gasteiger partial charge in [-0.15, -0.1) is 10.2 Å². The molecule has 0 spiro atoms. The fourth-order valence-corrected chi connectivity index (χ4v) is 3.56. The topological polar surface area (TPSA) is 84.4 Å². The summed E-state index contributed by atoms with van der Waals surface area (Å²) in [7, 11) is 1.55. The Labute approximate surface area is 141 Å². The van der Waals surface area contributed by atoms with Crippen LogP contribution in [0.2, 0.25) is 0 Å². The fraction of sp³-hybridized carbons (Fsp3) is 0.286. The second-order valence-corrected chi connectivity index (χ2v) is 6.74. The highest BCUT2D eigenvalue weighted by Gasteiger charge is 2.33. The SMILES string of the molecule is CNC(=O)C1CN(C(=O)CSc2nncs2)c2ccccc2O1. The second-order valence-electron chi connectivity index (χ2n) is 4.69. The van der Waals surface area contributed by atoms with Crippen LogP contribution in [0.25, 0.3) is 0 Å². The van der Waals surface area contributed by atoms with Gasteiger partial charge in [-0.1, -0.05) is 35.2 Å². The first-order valence-corrected chi connectivity index (χ1v) is 8.72. The van der Waals surface area contributed by atoms with E-state index >= 15 is 0 Å². The van der Waals surface area contributed by atoms with E-state index in [1.54, 1.807) is 23.5 Å². The Morgan fingerprint density at radius 3 is 3.04 bits per heavy atom. The van der Waals surface area contributed by atoms with E-state index in [1.165, 1.54) is 23.1 Å². The number of nitrogens with one attached hydrogen (secondary N) is 1. The Hall–Kier alpha value is -2.13. The molecule has 1 aliphatic heterocycles. The van der Waals surface area contributed by atoms with Crippen molar-refractivity contribution in [2.45, 2.75) is 10.4 Å². The van der Waals surface area contributed by atoms with E-state index in [0.29, 0.717) is 11.4 Å². The van der Waals surface area contributed by atoms with Crippen molar-refractivity contribution in [1.82, 2.24) is 15.5 Å². The number of anilines is 1. The number of thioether (sulfide) groups is 1. The third-order valence-corrected chi connectivity index (χ3v) is 5.12. The Bertz CT molecular complexity index is 708. The number of carbonyl (C=O) groups excluding carboxylic acids is 2. The van der Waals surface area contributed by atoms with Crippen molar-refractivity contribution >= 4 is 40.6 Å². The molecule has 1 N–H and O–H groups in total. The molecule has 7 nitrogen and oxygen atoms in total. The number of hydrogen-bond donors (Lipinski definition) is 1. The van der Waals surface area contributed by atoms with Crippen molar-refractivity contribution in [2.24, 2.45) is 0 Å². The third kappa shape index (κ3) is 3.45. The lowest BCUT2D eigenvalue weighted by molar-refractivity contribution is -0.127. The van der Waals surface area contributed by atoms with E-state index in [1.807, 2.05) is 18.2 Å². The van der Waals surface area contributed by atoms with Gasteiger partial charge in [-0.25, -0.2) is 0 Å². The van der Waals surface area contributed by atoms with Gasteiger partial charge in [-0.05, 0) is 12.1 Å². The van der Waals surface area contributed by atoms with Crippen LogP contribution >= 0.6 is 23.1 Å². The largest absolute Gasteiger partial charge is 0.477 e. The fourth-order valence-electron chi connectivity index (χ4n) is 2.20. The average molecular weight is 350 g/mol. The van der Waals surface area contributed by atoms with E-state index in [-0.39, 0.29) is 24.1 Å². The quantitative estimate of drug-likeness (QED) is 0.834. The summed E-state index contributed by atoms with van der Waals surface area (Å²) in [4.78, 5) is 26.1. The van der Waals surface area contributed by atoms with Crippen molar-refractivity contribution < 1.29 is 14.3 Å². The predicted molar refractivity (Wildman–Crippen MR) is 87.9 cm³/mol. The number of benzene rings is 1. The summed E-state index contributed by atoms with van der Waals surface area (Å²) >= 11 is 2.72. The van der Waals surface area contributed by atoms with Gasteiger partial charge >= 0.3 is 0 Å². The van der Waals surface area contributed by atoms with Crippen LogP contribution < -0.4 is 15.0 Å². The van der Waals surface area contributed by atoms with Crippen molar-refractivity contribution in [3.05, 3.63) is 29.8 Å². The zero-order valence-electron chi connectivity index (χ0n) is 12.3. The molecule has 0 saturated heterocycles. The van der Waals surface area contributed by atoms with E-state index in [9.17, 15) is 9.59 Å². The molecule has 1 aliphatic rings. The predicted octanol–water partition coefficient (Wildman–Crippen LogP) is 1.17. The number of likely N-dealkylation sites (N-methyl/N-ethyl adjacent to an activating group) is 1. The molecule has 0 fully saturated rings. The highest BCUT2D eigenvalue weighted by molar-refractivity contribution is 8.01. The van der Waals surface area contributed by atoms with Gasteiger partial charge in [-0.3, -0.25) is 9.59 Å². The summed E-state index contributed by atoms with van der Waals surface area (Å²) < 4.78 is 6.42. The maximum atomic E-state index is 12.6. The number of para-hydroxylation sites is 2. The normalized spacial score (nSPS) is 16.4. The Morgan fingerprint density at radius 1 is 1.48 bits per heavy atom. The molecule has 3 rings (SSSR count). The molecule has 0 radical (unpaired) electrons. The third-order valence-electron chi connectivity index (χ3n) is 3.27. The molecule has 9 heteroatoms. The van der Waals surface area contributed by atoms with Crippen LogP contribution in [0.4, 0.5) is 5.69 Å². The zero-order valence-corrected chi connectivity index (χ0v) is 13.9. The van der Waals surface area contributed by atoms with Crippen LogP contribution in [0.1, 0.15) is 0 Å². The minimum Gasteiger partial charge on any atom is -0.477 e. The Morgan fingerprint density at radius 2 is 2.30 bits per heavy atom. The van der Waals surface area contributed by atoms with Crippen molar-refractivity contribution in [2.75, 3.05) is 24.2 Å². The molecule has 1 aromatic heterocycles. The van der Waals surface area contributed by atoms with E-state index in [2.05, 4.69) is 15.5 Å². The molecule has 1 atom stereocenters. The van der Waals surface area contributed by atoms with E-state index in [0.717, 1.165) is 4.34 Å². The molecule has 1 aromatic carbocycles. The maximum absolute atomic E-state index is 12.6. The molecular formula is C14H14N4O3S2. The van der Waals surface area contributed by atoms with Crippen LogP contribution in [-0.2, 0) is 9.59 Å². The second kappa shape index (κ2) is 6.97. The molecule has 1 unspecified atom stereocenters. The van der Waals surface area contributed by atoms with Gasteiger partial charge in [0, 0.05) is 7.05 Å². The lowest BCUT2D eigenvalue weighted by Crippen LogP contribution is -2.50. The molecule has 0 saturated carbocycles. The van der Waals surface area contributed by atoms with Crippen molar-refractivity contribution in [1.29, 1.82) is 0 Å². The van der Waals surface area contributed by atoms with Gasteiger partial charge in [0.2, 0.25) is 5.91 Å². The Kier molecular flexibility index (Phi) is 4.77. The number of fused-ring (bicyclic) bond motifs is 1. The van der Waals surface area contributed by atoms with Crippen molar-refractivity contribution in [3.63, 3.8) is 0 Å². The first-order valence-electron chi connectivity index (χ1n) is 6.85. The number of nitrogens with zero attached hydrogens (tertiary/aromatic N) is 3. The van der Waals surface area contributed by atoms with Crippen molar-refractivity contribution in [3.8, 4) is 5.75 Å². The summed E-state index contributed by atoms with van der Waals surface area (Å²) in [6.07, 6.45) is -0.717. The highest BCUT2D eigenvalue weighted by atomic mass is 32.2. The summed E-state index contributed by atoms with van der Waals surface area (Å²) in [5.41, 5.74) is 2.30. The minimum absolute atomic E-state index is 0.102. The molecule has 2 aromatic rings. The number of rotatable bonds is 4. The first-order chi connectivity index (χ1) is 11.2. The van der Waals surface area contributed by atoms with Crippen LogP contribution in [-0.4, -0.2) is 47.5 Å². The molecular weight excluding hydrogens is 336 g/mol. The van der Waals surface area contributed by atoms with Crippen LogP contribution in [0.3, 0.4) is 0 Å². The summed E-state index contributed by atoms with van der Waals surface area (Å²) in [6, 6.07) is 7.20. The molecule has 2 heterocycles. The van der Waals surface area contributed by atoms with Gasteiger partial charge in [-0.2, -0.15) is 0 Å². The smallest absolute Gasteiger partial charge is 0.262 e. The summed E-state index contributed by atoms with van der Waals surface area (Å²) in [6.45, 7) is 0.187. The molecule has 2 amide bonds. The number of carbonyl (C=O) groups is 2. The number of ether oxygens (including phenoxy) is 1.